The van der Waals surface area contributed by atoms with Gasteiger partial charge in [0.15, 0.2) is 11.2 Å². The van der Waals surface area contributed by atoms with Crippen LogP contribution in [0.5, 0.6) is 0 Å². The number of Topliss-reactive ketones (excluding diaryl/α,β-unsaturated/α-hetero) is 1. The molecule has 1 aliphatic rings. The minimum absolute atomic E-state index is 0.0602. The highest BCUT2D eigenvalue weighted by Crippen LogP contribution is 2.41. The van der Waals surface area contributed by atoms with Crippen LogP contribution in [0.15, 0.2) is 0 Å². The molecule has 1 fully saturated rings. The fourth-order valence-corrected chi connectivity index (χ4v) is 3.78. The molecule has 0 saturated heterocycles. The molecule has 0 N–H and O–H groups in total. The molecule has 5 heteroatoms. The SMILES string of the molecule is CCCCSC(=S)C1(C(=O)OCC)CCCC1=O. The molecule has 0 aliphatic heterocycles. The molecular weight excluding hydrogens is 268 g/mol. The third-order valence-corrected chi connectivity index (χ3v) is 4.94. The van der Waals surface area contributed by atoms with Crippen LogP contribution in [0.4, 0.5) is 0 Å². The highest BCUT2D eigenvalue weighted by Gasteiger charge is 2.53. The van der Waals surface area contributed by atoms with Gasteiger partial charge in [-0.2, -0.15) is 0 Å². The van der Waals surface area contributed by atoms with E-state index in [1.165, 1.54) is 11.8 Å². The summed E-state index contributed by atoms with van der Waals surface area (Å²) in [4.78, 5) is 24.2. The Kier molecular flexibility index (Phi) is 6.29. The molecule has 1 rings (SSSR count). The molecule has 0 heterocycles. The Morgan fingerprint density at radius 2 is 2.22 bits per heavy atom. The Morgan fingerprint density at radius 1 is 1.50 bits per heavy atom. The summed E-state index contributed by atoms with van der Waals surface area (Å²) in [5, 5.41) is 0. The van der Waals surface area contributed by atoms with Crippen molar-refractivity contribution in [3.8, 4) is 0 Å². The van der Waals surface area contributed by atoms with Crippen molar-refractivity contribution in [3.05, 3.63) is 0 Å². The Labute approximate surface area is 118 Å². The van der Waals surface area contributed by atoms with Gasteiger partial charge in [-0.15, -0.1) is 11.8 Å². The maximum atomic E-state index is 12.1. The molecular formula is C13H20O3S2. The van der Waals surface area contributed by atoms with Gasteiger partial charge in [0.25, 0.3) is 0 Å². The van der Waals surface area contributed by atoms with Crippen LogP contribution >= 0.6 is 24.0 Å². The monoisotopic (exact) mass is 288 g/mol. The first kappa shape index (κ1) is 15.6. The second-order valence-corrected chi connectivity index (χ2v) is 6.16. The van der Waals surface area contributed by atoms with Gasteiger partial charge in [-0.25, -0.2) is 0 Å². The maximum Gasteiger partial charge on any atom is 0.325 e. The van der Waals surface area contributed by atoms with Crippen LogP contribution in [0, 0.1) is 5.41 Å². The predicted octanol–water partition coefficient (Wildman–Crippen LogP) is 3.15. The van der Waals surface area contributed by atoms with Crippen molar-refractivity contribution >= 4 is 39.9 Å². The van der Waals surface area contributed by atoms with Crippen molar-refractivity contribution in [2.75, 3.05) is 12.4 Å². The van der Waals surface area contributed by atoms with Gasteiger partial charge in [-0.1, -0.05) is 25.6 Å². The van der Waals surface area contributed by atoms with Gasteiger partial charge in [0.1, 0.15) is 0 Å². The number of carbonyl (C=O) groups is 2. The van der Waals surface area contributed by atoms with Crippen LogP contribution in [0.1, 0.15) is 46.0 Å². The van der Waals surface area contributed by atoms with E-state index in [4.69, 9.17) is 17.0 Å². The van der Waals surface area contributed by atoms with Crippen LogP contribution in [-0.4, -0.2) is 28.3 Å². The van der Waals surface area contributed by atoms with Crippen LogP contribution < -0.4 is 0 Å². The summed E-state index contributed by atoms with van der Waals surface area (Å²) in [6.45, 7) is 4.14. The smallest absolute Gasteiger partial charge is 0.325 e. The van der Waals surface area contributed by atoms with Crippen LogP contribution in [-0.2, 0) is 14.3 Å². The van der Waals surface area contributed by atoms with Crippen LogP contribution in [0.3, 0.4) is 0 Å². The molecule has 0 bridgehead atoms. The Balaban J connectivity index is 2.81. The third-order valence-electron chi connectivity index (χ3n) is 3.14. The molecule has 0 spiro atoms. The number of carbonyl (C=O) groups excluding carboxylic acids is 2. The number of esters is 1. The van der Waals surface area contributed by atoms with E-state index in [-0.39, 0.29) is 12.4 Å². The highest BCUT2D eigenvalue weighted by atomic mass is 32.2. The number of unbranched alkanes of at least 4 members (excludes halogenated alkanes) is 1. The van der Waals surface area contributed by atoms with Crippen molar-refractivity contribution in [1.29, 1.82) is 0 Å². The van der Waals surface area contributed by atoms with Gasteiger partial charge in [0, 0.05) is 6.42 Å². The van der Waals surface area contributed by atoms with Gasteiger partial charge in [-0.05, 0) is 31.9 Å². The average molecular weight is 288 g/mol. The lowest BCUT2D eigenvalue weighted by atomic mass is 9.87. The first-order chi connectivity index (χ1) is 8.59. The Hall–Kier alpha value is -0.420. The number of rotatable bonds is 6. The van der Waals surface area contributed by atoms with Crippen molar-refractivity contribution in [3.63, 3.8) is 0 Å². The second-order valence-electron chi connectivity index (χ2n) is 4.39. The second kappa shape index (κ2) is 7.24. The minimum atomic E-state index is -1.14. The fraction of sp³-hybridized carbons (Fsp3) is 0.769. The number of hydrogen-bond donors (Lipinski definition) is 0. The molecule has 0 aromatic carbocycles. The zero-order valence-corrected chi connectivity index (χ0v) is 12.6. The zero-order chi connectivity index (χ0) is 13.6. The van der Waals surface area contributed by atoms with E-state index >= 15 is 0 Å². The Bertz CT molecular complexity index is 341. The maximum absolute atomic E-state index is 12.1. The quantitative estimate of drug-likeness (QED) is 0.325. The van der Waals surface area contributed by atoms with E-state index in [0.29, 0.717) is 17.0 Å². The summed E-state index contributed by atoms with van der Waals surface area (Å²) in [5.41, 5.74) is -1.14. The molecule has 1 unspecified atom stereocenters. The lowest BCUT2D eigenvalue weighted by Gasteiger charge is -2.25. The van der Waals surface area contributed by atoms with E-state index in [0.717, 1.165) is 25.0 Å². The van der Waals surface area contributed by atoms with E-state index in [1.54, 1.807) is 6.92 Å². The molecule has 0 aromatic rings. The normalized spacial score (nSPS) is 23.1. The molecule has 1 atom stereocenters. The summed E-state index contributed by atoms with van der Waals surface area (Å²) in [6, 6.07) is 0. The number of ether oxygens (including phenoxy) is 1. The zero-order valence-electron chi connectivity index (χ0n) is 11.0. The summed E-state index contributed by atoms with van der Waals surface area (Å²) in [5.74, 6) is 0.362. The largest absolute Gasteiger partial charge is 0.465 e. The molecule has 1 saturated carbocycles. The van der Waals surface area contributed by atoms with Crippen molar-refractivity contribution in [1.82, 2.24) is 0 Å². The topological polar surface area (TPSA) is 43.4 Å². The van der Waals surface area contributed by atoms with E-state index < -0.39 is 11.4 Å². The lowest BCUT2D eigenvalue weighted by Crippen LogP contribution is -2.42. The summed E-state index contributed by atoms with van der Waals surface area (Å²) < 4.78 is 5.58. The standard InChI is InChI=1S/C13H20O3S2/c1-3-5-9-18-12(17)13(11(15)16-4-2)8-6-7-10(13)14/h3-9H2,1-2H3. The van der Waals surface area contributed by atoms with E-state index in [2.05, 4.69) is 6.92 Å². The first-order valence-electron chi connectivity index (χ1n) is 6.47. The summed E-state index contributed by atoms with van der Waals surface area (Å²) in [7, 11) is 0. The minimum Gasteiger partial charge on any atom is -0.465 e. The van der Waals surface area contributed by atoms with Gasteiger partial charge in [0.2, 0.25) is 0 Å². The summed E-state index contributed by atoms with van der Waals surface area (Å²) in [6.07, 6.45) is 3.80. The molecule has 0 amide bonds. The number of hydrogen-bond acceptors (Lipinski definition) is 5. The molecule has 0 radical (unpaired) electrons. The Morgan fingerprint density at radius 3 is 2.72 bits per heavy atom. The molecule has 18 heavy (non-hydrogen) atoms. The van der Waals surface area contributed by atoms with Gasteiger partial charge >= 0.3 is 5.97 Å². The van der Waals surface area contributed by atoms with Gasteiger partial charge < -0.3 is 4.74 Å². The third kappa shape index (κ3) is 3.12. The predicted molar refractivity (Wildman–Crippen MR) is 77.9 cm³/mol. The number of thioether (sulfide) groups is 1. The van der Waals surface area contributed by atoms with E-state index in [1.807, 2.05) is 0 Å². The number of thiocarbonyl (C=S) groups is 1. The molecule has 102 valence electrons. The van der Waals surface area contributed by atoms with E-state index in [9.17, 15) is 9.59 Å². The molecule has 1 aliphatic carbocycles. The summed E-state index contributed by atoms with van der Waals surface area (Å²) >= 11 is 6.81. The van der Waals surface area contributed by atoms with Crippen LogP contribution in [0.25, 0.3) is 0 Å². The molecule has 3 nitrogen and oxygen atoms in total. The fourth-order valence-electron chi connectivity index (χ4n) is 2.07. The highest BCUT2D eigenvalue weighted by molar-refractivity contribution is 8.23. The van der Waals surface area contributed by atoms with Crippen molar-refractivity contribution in [2.24, 2.45) is 5.41 Å². The van der Waals surface area contributed by atoms with Crippen molar-refractivity contribution < 1.29 is 14.3 Å². The van der Waals surface area contributed by atoms with Crippen molar-refractivity contribution in [2.45, 2.75) is 46.0 Å². The average Bonchev–Trinajstić information content (AvgIpc) is 2.72. The lowest BCUT2D eigenvalue weighted by molar-refractivity contribution is -0.153. The van der Waals surface area contributed by atoms with Crippen LogP contribution in [0.2, 0.25) is 0 Å². The molecule has 0 aromatic heterocycles. The van der Waals surface area contributed by atoms with Gasteiger partial charge in [0.05, 0.1) is 10.8 Å². The van der Waals surface area contributed by atoms with Gasteiger partial charge in [-0.3, -0.25) is 9.59 Å². The first-order valence-corrected chi connectivity index (χ1v) is 7.86. The number of ketones is 1.